The van der Waals surface area contributed by atoms with Crippen molar-refractivity contribution >= 4 is 11.6 Å². The summed E-state index contributed by atoms with van der Waals surface area (Å²) in [6, 6.07) is 10.7. The van der Waals surface area contributed by atoms with E-state index in [1.165, 1.54) is 43.6 Å². The lowest BCUT2D eigenvalue weighted by molar-refractivity contribution is -0.385. The Hall–Kier alpha value is -2.54. The summed E-state index contributed by atoms with van der Waals surface area (Å²) in [5.74, 6) is 0.634. The van der Waals surface area contributed by atoms with Gasteiger partial charge in [-0.05, 0) is 18.4 Å². The quantitative estimate of drug-likeness (QED) is 0.599. The van der Waals surface area contributed by atoms with Crippen molar-refractivity contribution in [3.8, 4) is 0 Å². The smallest absolute Gasteiger partial charge is 0.305 e. The molecule has 1 aromatic carbocycles. The molecule has 2 saturated heterocycles. The predicted octanol–water partition coefficient (Wildman–Crippen LogP) is 3.27. The SMILES string of the molecule is O=[N+]([O-])c1cnc(N2CC34CCCCC3(CN(Cc3ccccc3)C4)C2)nc1. The number of nitro groups is 1. The van der Waals surface area contributed by atoms with Crippen LogP contribution in [0.4, 0.5) is 11.6 Å². The van der Waals surface area contributed by atoms with Crippen LogP contribution < -0.4 is 4.90 Å². The van der Waals surface area contributed by atoms with E-state index in [4.69, 9.17) is 0 Å². The van der Waals surface area contributed by atoms with Crippen LogP contribution in [0.2, 0.25) is 0 Å². The summed E-state index contributed by atoms with van der Waals surface area (Å²) in [6.45, 7) is 5.15. The van der Waals surface area contributed by atoms with Gasteiger partial charge in [-0.3, -0.25) is 15.0 Å². The van der Waals surface area contributed by atoms with Gasteiger partial charge in [0, 0.05) is 43.6 Å². The first-order valence-electron chi connectivity index (χ1n) is 10.1. The number of likely N-dealkylation sites (tertiary alicyclic amines) is 1. The molecule has 2 aromatic rings. The van der Waals surface area contributed by atoms with E-state index in [0.717, 1.165) is 32.7 Å². The molecule has 28 heavy (non-hydrogen) atoms. The minimum atomic E-state index is -0.443. The van der Waals surface area contributed by atoms with Crippen LogP contribution in [0.5, 0.6) is 0 Å². The first-order chi connectivity index (χ1) is 13.6. The van der Waals surface area contributed by atoms with Gasteiger partial charge in [0.15, 0.2) is 0 Å². The maximum Gasteiger partial charge on any atom is 0.305 e. The lowest BCUT2D eigenvalue weighted by Gasteiger charge is -2.42. The van der Waals surface area contributed by atoms with E-state index in [0.29, 0.717) is 5.95 Å². The summed E-state index contributed by atoms with van der Waals surface area (Å²) >= 11 is 0. The van der Waals surface area contributed by atoms with E-state index in [1.54, 1.807) is 0 Å². The summed E-state index contributed by atoms with van der Waals surface area (Å²) in [4.78, 5) is 24.0. The highest BCUT2D eigenvalue weighted by Gasteiger charge is 2.63. The molecule has 1 aliphatic carbocycles. The lowest BCUT2D eigenvalue weighted by atomic mass is 9.60. The molecule has 7 nitrogen and oxygen atoms in total. The molecule has 5 rings (SSSR count). The summed E-state index contributed by atoms with van der Waals surface area (Å²) in [5.41, 5.74) is 1.89. The third-order valence-electron chi connectivity index (χ3n) is 7.09. The number of aromatic nitrogens is 2. The average molecular weight is 379 g/mol. The van der Waals surface area contributed by atoms with Gasteiger partial charge in [-0.15, -0.1) is 0 Å². The Kier molecular flexibility index (Phi) is 4.08. The normalized spacial score (nSPS) is 29.5. The highest BCUT2D eigenvalue weighted by Crippen LogP contribution is 2.60. The molecule has 3 fully saturated rings. The van der Waals surface area contributed by atoms with Crippen LogP contribution in [-0.4, -0.2) is 46.0 Å². The minimum absolute atomic E-state index is 0.0501. The molecule has 2 atom stereocenters. The van der Waals surface area contributed by atoms with E-state index in [2.05, 4.69) is 50.1 Å². The molecule has 2 unspecified atom stereocenters. The van der Waals surface area contributed by atoms with Crippen LogP contribution in [0, 0.1) is 20.9 Å². The Labute approximate surface area is 164 Å². The highest BCUT2D eigenvalue weighted by molar-refractivity contribution is 5.39. The van der Waals surface area contributed by atoms with E-state index in [9.17, 15) is 10.1 Å². The summed E-state index contributed by atoms with van der Waals surface area (Å²) in [6.07, 6.45) is 7.74. The van der Waals surface area contributed by atoms with Crippen LogP contribution in [0.1, 0.15) is 31.2 Å². The largest absolute Gasteiger partial charge is 0.340 e. The van der Waals surface area contributed by atoms with Crippen molar-refractivity contribution in [2.24, 2.45) is 10.8 Å². The van der Waals surface area contributed by atoms with E-state index in [1.807, 2.05) is 0 Å². The van der Waals surface area contributed by atoms with Crippen molar-refractivity contribution in [3.05, 3.63) is 58.4 Å². The van der Waals surface area contributed by atoms with E-state index in [-0.39, 0.29) is 16.5 Å². The predicted molar refractivity (Wildman–Crippen MR) is 106 cm³/mol. The fourth-order valence-electron chi connectivity index (χ4n) is 5.91. The molecule has 7 heteroatoms. The summed E-state index contributed by atoms with van der Waals surface area (Å²) < 4.78 is 0. The monoisotopic (exact) mass is 379 g/mol. The molecule has 1 saturated carbocycles. The highest BCUT2D eigenvalue weighted by atomic mass is 16.6. The van der Waals surface area contributed by atoms with Gasteiger partial charge in [-0.1, -0.05) is 43.2 Å². The third kappa shape index (κ3) is 2.76. The van der Waals surface area contributed by atoms with Crippen molar-refractivity contribution in [1.29, 1.82) is 0 Å². The van der Waals surface area contributed by atoms with Crippen LogP contribution in [0.3, 0.4) is 0 Å². The zero-order valence-electron chi connectivity index (χ0n) is 16.0. The minimum Gasteiger partial charge on any atom is -0.340 e. The van der Waals surface area contributed by atoms with Crippen LogP contribution in [0.25, 0.3) is 0 Å². The zero-order valence-corrected chi connectivity index (χ0v) is 16.0. The molecule has 2 aliphatic heterocycles. The second-order valence-corrected chi connectivity index (χ2v) is 8.75. The lowest BCUT2D eigenvalue weighted by Crippen LogP contribution is -2.42. The van der Waals surface area contributed by atoms with Crippen LogP contribution in [0.15, 0.2) is 42.7 Å². The Balaban J connectivity index is 1.38. The second kappa shape index (κ2) is 6.51. The van der Waals surface area contributed by atoms with E-state index < -0.39 is 4.92 Å². The molecule has 0 N–H and O–H groups in total. The van der Waals surface area contributed by atoms with Crippen molar-refractivity contribution in [2.45, 2.75) is 32.2 Å². The Morgan fingerprint density at radius 3 is 2.14 bits per heavy atom. The number of nitrogens with zero attached hydrogens (tertiary/aromatic N) is 5. The van der Waals surface area contributed by atoms with Gasteiger partial charge in [0.1, 0.15) is 12.4 Å². The molecule has 0 amide bonds. The molecule has 1 aromatic heterocycles. The maximum absolute atomic E-state index is 10.9. The van der Waals surface area contributed by atoms with Gasteiger partial charge in [0.2, 0.25) is 5.95 Å². The van der Waals surface area contributed by atoms with Gasteiger partial charge in [-0.2, -0.15) is 0 Å². The van der Waals surface area contributed by atoms with Crippen molar-refractivity contribution in [3.63, 3.8) is 0 Å². The molecule has 0 bridgehead atoms. The van der Waals surface area contributed by atoms with E-state index >= 15 is 0 Å². The maximum atomic E-state index is 10.9. The zero-order chi connectivity index (χ0) is 19.2. The fraction of sp³-hybridized carbons (Fsp3) is 0.524. The number of hydrogen-bond donors (Lipinski definition) is 0. The Morgan fingerprint density at radius 2 is 1.57 bits per heavy atom. The summed E-state index contributed by atoms with van der Waals surface area (Å²) in [7, 11) is 0. The fourth-order valence-corrected chi connectivity index (χ4v) is 5.91. The topological polar surface area (TPSA) is 75.4 Å². The van der Waals surface area contributed by atoms with Gasteiger partial charge < -0.3 is 4.90 Å². The molecule has 146 valence electrons. The molecule has 0 radical (unpaired) electrons. The molecule has 0 spiro atoms. The van der Waals surface area contributed by atoms with Gasteiger partial charge >= 0.3 is 5.69 Å². The van der Waals surface area contributed by atoms with Crippen LogP contribution in [-0.2, 0) is 6.54 Å². The summed E-state index contributed by atoms with van der Waals surface area (Å²) in [5, 5.41) is 10.9. The first kappa shape index (κ1) is 17.6. The van der Waals surface area contributed by atoms with Crippen molar-refractivity contribution in [2.75, 3.05) is 31.1 Å². The number of anilines is 1. The number of rotatable bonds is 4. The number of benzene rings is 1. The molecule has 3 aliphatic rings. The van der Waals surface area contributed by atoms with Gasteiger partial charge in [0.25, 0.3) is 0 Å². The standard InChI is InChI=1S/C21H25N5O2/c27-26(28)18-10-22-19(23-11-18)25-15-20-8-4-5-9-21(20,16-25)14-24(13-20)12-17-6-2-1-3-7-17/h1-3,6-7,10-11H,4-5,8-9,12-16H2. The number of hydrogen-bond acceptors (Lipinski definition) is 6. The molecular weight excluding hydrogens is 354 g/mol. The Morgan fingerprint density at radius 1 is 0.964 bits per heavy atom. The van der Waals surface area contributed by atoms with Gasteiger partial charge in [-0.25, -0.2) is 9.97 Å². The van der Waals surface area contributed by atoms with Crippen molar-refractivity contribution in [1.82, 2.24) is 14.9 Å². The molecule has 3 heterocycles. The first-order valence-corrected chi connectivity index (χ1v) is 10.1. The second-order valence-electron chi connectivity index (χ2n) is 8.75. The molecular formula is C21H25N5O2. The van der Waals surface area contributed by atoms with Crippen LogP contribution >= 0.6 is 0 Å². The van der Waals surface area contributed by atoms with Crippen molar-refractivity contribution < 1.29 is 4.92 Å². The van der Waals surface area contributed by atoms with Gasteiger partial charge in [0.05, 0.1) is 4.92 Å². The Bertz CT molecular complexity index is 850. The average Bonchev–Trinajstić information content (AvgIpc) is 3.19. The third-order valence-corrected chi connectivity index (χ3v) is 7.09.